The van der Waals surface area contributed by atoms with E-state index in [2.05, 4.69) is 0 Å². The third-order valence-electron chi connectivity index (χ3n) is 2.33. The summed E-state index contributed by atoms with van der Waals surface area (Å²) in [6.45, 7) is 4.05. The molecule has 3 nitrogen and oxygen atoms in total. The molecule has 0 saturated carbocycles. The molecule has 1 heterocycles. The molecule has 0 aliphatic carbocycles. The lowest BCUT2D eigenvalue weighted by molar-refractivity contribution is -0.313. The first-order valence-electron chi connectivity index (χ1n) is 5.73. The number of alkyl halides is 6. The van der Waals surface area contributed by atoms with Crippen LogP contribution in [0.25, 0.3) is 0 Å². The van der Waals surface area contributed by atoms with Crippen molar-refractivity contribution in [2.75, 3.05) is 6.61 Å². The molecule has 0 N–H and O–H groups in total. The second kappa shape index (κ2) is 5.44. The SMILES string of the molecule is CCOC1CC(=C(C(F)(F)F)C(F)(F)F)OC(C)(C)O1. The van der Waals surface area contributed by atoms with Crippen molar-refractivity contribution >= 4 is 0 Å². The van der Waals surface area contributed by atoms with Crippen LogP contribution in [-0.4, -0.2) is 31.0 Å². The molecule has 1 rings (SSSR count). The number of allylic oxidation sites excluding steroid dienone is 1. The van der Waals surface area contributed by atoms with E-state index in [1.165, 1.54) is 13.8 Å². The lowest BCUT2D eigenvalue weighted by Gasteiger charge is -2.38. The molecule has 0 aromatic carbocycles. The molecule has 0 spiro atoms. The van der Waals surface area contributed by atoms with Crippen molar-refractivity contribution < 1.29 is 40.6 Å². The molecule has 1 unspecified atom stereocenters. The summed E-state index contributed by atoms with van der Waals surface area (Å²) in [5.41, 5.74) is -2.66. The predicted molar refractivity (Wildman–Crippen MR) is 55.4 cm³/mol. The predicted octanol–water partition coefficient (Wildman–Crippen LogP) is 3.90. The molecule has 0 aromatic rings. The Kier molecular flexibility index (Phi) is 4.65. The zero-order valence-corrected chi connectivity index (χ0v) is 11.0. The Labute approximate surface area is 111 Å². The van der Waals surface area contributed by atoms with Crippen LogP contribution in [0.2, 0.25) is 0 Å². The van der Waals surface area contributed by atoms with Gasteiger partial charge in [0.25, 0.3) is 0 Å². The van der Waals surface area contributed by atoms with Crippen LogP contribution in [0, 0.1) is 0 Å². The molecular formula is C11H14F6O3. The average molecular weight is 308 g/mol. The zero-order chi connectivity index (χ0) is 15.8. The Hall–Kier alpha value is -0.960. The topological polar surface area (TPSA) is 27.7 Å². The van der Waals surface area contributed by atoms with Gasteiger partial charge in [-0.25, -0.2) is 0 Å². The second-order valence-electron chi connectivity index (χ2n) is 4.50. The summed E-state index contributed by atoms with van der Waals surface area (Å²) >= 11 is 0. The summed E-state index contributed by atoms with van der Waals surface area (Å²) in [5, 5.41) is 0. The average Bonchev–Trinajstić information content (AvgIpc) is 2.09. The lowest BCUT2D eigenvalue weighted by Crippen LogP contribution is -2.42. The Bertz CT molecular complexity index is 367. The van der Waals surface area contributed by atoms with Gasteiger partial charge in [-0.05, 0) is 6.92 Å². The first-order valence-corrected chi connectivity index (χ1v) is 5.73. The monoisotopic (exact) mass is 308 g/mol. The van der Waals surface area contributed by atoms with Crippen molar-refractivity contribution in [3.8, 4) is 0 Å². The fourth-order valence-corrected chi connectivity index (χ4v) is 1.78. The van der Waals surface area contributed by atoms with Gasteiger partial charge in [-0.1, -0.05) is 0 Å². The van der Waals surface area contributed by atoms with Crippen molar-refractivity contribution in [1.82, 2.24) is 0 Å². The molecule has 0 radical (unpaired) electrons. The van der Waals surface area contributed by atoms with Crippen molar-refractivity contribution in [1.29, 1.82) is 0 Å². The van der Waals surface area contributed by atoms with E-state index < -0.39 is 42.2 Å². The van der Waals surface area contributed by atoms with Gasteiger partial charge in [0.05, 0.1) is 6.42 Å². The van der Waals surface area contributed by atoms with E-state index in [4.69, 9.17) is 14.2 Å². The van der Waals surface area contributed by atoms with E-state index in [1.807, 2.05) is 0 Å². The molecule has 9 heteroatoms. The highest BCUT2D eigenvalue weighted by Crippen LogP contribution is 2.44. The minimum atomic E-state index is -5.57. The molecule has 0 aromatic heterocycles. The normalized spacial score (nSPS) is 23.4. The maximum atomic E-state index is 12.6. The van der Waals surface area contributed by atoms with Gasteiger partial charge in [-0.2, -0.15) is 26.3 Å². The summed E-state index contributed by atoms with van der Waals surface area (Å²) in [6, 6.07) is 0. The number of rotatable bonds is 2. The Morgan fingerprint density at radius 2 is 1.70 bits per heavy atom. The Morgan fingerprint density at radius 3 is 2.10 bits per heavy atom. The standard InChI is InChI=1S/C11H14F6O3/c1-4-18-7-5-6(19-9(2,3)20-7)8(10(12,13)14)11(15,16)17/h7H,4-5H2,1-3H3. The lowest BCUT2D eigenvalue weighted by atomic mass is 10.1. The van der Waals surface area contributed by atoms with Crippen LogP contribution in [0.5, 0.6) is 0 Å². The van der Waals surface area contributed by atoms with Gasteiger partial charge in [0.15, 0.2) is 11.9 Å². The van der Waals surface area contributed by atoms with E-state index in [9.17, 15) is 26.3 Å². The number of ether oxygens (including phenoxy) is 3. The first-order chi connectivity index (χ1) is 8.87. The van der Waals surface area contributed by atoms with Crippen molar-refractivity contribution in [2.45, 2.75) is 51.6 Å². The minimum Gasteiger partial charge on any atom is -0.466 e. The van der Waals surface area contributed by atoms with Crippen LogP contribution in [0.1, 0.15) is 27.2 Å². The number of hydrogen-bond donors (Lipinski definition) is 0. The summed E-state index contributed by atoms with van der Waals surface area (Å²) in [5.74, 6) is -2.87. The van der Waals surface area contributed by atoms with Gasteiger partial charge < -0.3 is 14.2 Å². The molecule has 20 heavy (non-hydrogen) atoms. The highest BCUT2D eigenvalue weighted by Gasteiger charge is 2.55. The molecule has 1 aliphatic rings. The second-order valence-corrected chi connectivity index (χ2v) is 4.50. The van der Waals surface area contributed by atoms with E-state index in [0.717, 1.165) is 0 Å². The van der Waals surface area contributed by atoms with Crippen LogP contribution >= 0.6 is 0 Å². The van der Waals surface area contributed by atoms with Crippen molar-refractivity contribution in [3.05, 3.63) is 11.3 Å². The third kappa shape index (κ3) is 4.27. The minimum absolute atomic E-state index is 0.0847. The fraction of sp³-hybridized carbons (Fsp3) is 0.818. The summed E-state index contributed by atoms with van der Waals surface area (Å²) in [4.78, 5) is 0. The third-order valence-corrected chi connectivity index (χ3v) is 2.33. The molecule has 1 fully saturated rings. The van der Waals surface area contributed by atoms with Gasteiger partial charge in [0, 0.05) is 20.5 Å². The van der Waals surface area contributed by atoms with Crippen molar-refractivity contribution in [3.63, 3.8) is 0 Å². The maximum absolute atomic E-state index is 12.6. The van der Waals surface area contributed by atoms with E-state index >= 15 is 0 Å². The van der Waals surface area contributed by atoms with E-state index in [1.54, 1.807) is 6.92 Å². The molecule has 118 valence electrons. The molecule has 1 aliphatic heterocycles. The largest absolute Gasteiger partial charge is 0.466 e. The number of halogens is 6. The summed E-state index contributed by atoms with van der Waals surface area (Å²) in [7, 11) is 0. The summed E-state index contributed by atoms with van der Waals surface area (Å²) in [6.07, 6.45) is -13.1. The fourth-order valence-electron chi connectivity index (χ4n) is 1.78. The molecular weight excluding hydrogens is 294 g/mol. The molecule has 1 saturated heterocycles. The smallest absolute Gasteiger partial charge is 0.424 e. The van der Waals surface area contributed by atoms with Crippen molar-refractivity contribution in [2.24, 2.45) is 0 Å². The van der Waals surface area contributed by atoms with Gasteiger partial charge in [-0.15, -0.1) is 0 Å². The van der Waals surface area contributed by atoms with Gasteiger partial charge in [0.2, 0.25) is 5.79 Å². The first kappa shape index (κ1) is 17.1. The molecule has 0 bridgehead atoms. The zero-order valence-electron chi connectivity index (χ0n) is 11.0. The van der Waals surface area contributed by atoms with E-state index in [-0.39, 0.29) is 6.61 Å². The van der Waals surface area contributed by atoms with Gasteiger partial charge in [0.1, 0.15) is 5.76 Å². The number of hydrogen-bond acceptors (Lipinski definition) is 3. The van der Waals surface area contributed by atoms with Crippen LogP contribution in [0.15, 0.2) is 11.3 Å². The highest BCUT2D eigenvalue weighted by molar-refractivity contribution is 5.21. The Morgan fingerprint density at radius 1 is 1.20 bits per heavy atom. The summed E-state index contributed by atoms with van der Waals surface area (Å²) < 4.78 is 90.5. The Balaban J connectivity index is 3.25. The molecule has 0 amide bonds. The molecule has 1 atom stereocenters. The van der Waals surface area contributed by atoms with Crippen LogP contribution in [0.4, 0.5) is 26.3 Å². The maximum Gasteiger partial charge on any atom is 0.424 e. The van der Waals surface area contributed by atoms with Crippen LogP contribution in [-0.2, 0) is 14.2 Å². The quantitative estimate of drug-likeness (QED) is 0.724. The van der Waals surface area contributed by atoms with E-state index in [0.29, 0.717) is 0 Å². The van der Waals surface area contributed by atoms with Crippen LogP contribution < -0.4 is 0 Å². The highest BCUT2D eigenvalue weighted by atomic mass is 19.4. The van der Waals surface area contributed by atoms with Gasteiger partial charge in [-0.3, -0.25) is 0 Å². The van der Waals surface area contributed by atoms with Gasteiger partial charge >= 0.3 is 12.4 Å². The van der Waals surface area contributed by atoms with Crippen LogP contribution in [0.3, 0.4) is 0 Å².